The van der Waals surface area contributed by atoms with E-state index in [1.165, 1.54) is 0 Å². The van der Waals surface area contributed by atoms with Gasteiger partial charge in [-0.15, -0.1) is 0 Å². The lowest BCUT2D eigenvalue weighted by molar-refractivity contribution is -0.209. The number of alkyl halides is 3. The quantitative estimate of drug-likeness (QED) is 0.807. The number of nitrogens with one attached hydrogen (secondary N) is 1. The van der Waals surface area contributed by atoms with Crippen molar-refractivity contribution < 1.29 is 18.3 Å². The van der Waals surface area contributed by atoms with E-state index in [9.17, 15) is 13.2 Å². The largest absolute Gasteiger partial charge is 0.414 e. The predicted molar refractivity (Wildman–Crippen MR) is 60.6 cm³/mol. The molecule has 1 aliphatic carbocycles. The summed E-state index contributed by atoms with van der Waals surface area (Å²) in [4.78, 5) is 0. The molecule has 1 aliphatic rings. The normalized spacial score (nSPS) is 30.0. The lowest BCUT2D eigenvalue weighted by Crippen LogP contribution is -2.35. The van der Waals surface area contributed by atoms with Crippen molar-refractivity contribution in [2.24, 2.45) is 11.8 Å². The van der Waals surface area contributed by atoms with E-state index in [1.54, 1.807) is 0 Å². The summed E-state index contributed by atoms with van der Waals surface area (Å²) >= 11 is 0. The summed E-state index contributed by atoms with van der Waals surface area (Å²) in [5.74, 6) is 0.575. The van der Waals surface area contributed by atoms with Gasteiger partial charge in [-0.3, -0.25) is 0 Å². The van der Waals surface area contributed by atoms with Crippen LogP contribution in [0.5, 0.6) is 0 Å². The number of halogens is 3. The first-order valence-electron chi connectivity index (χ1n) is 6.26. The van der Waals surface area contributed by atoms with Crippen molar-refractivity contribution in [3.05, 3.63) is 0 Å². The highest BCUT2D eigenvalue weighted by molar-refractivity contribution is 4.81. The van der Waals surface area contributed by atoms with Gasteiger partial charge in [0.05, 0.1) is 0 Å². The average molecular weight is 253 g/mol. The maximum atomic E-state index is 12.2. The van der Waals surface area contributed by atoms with Gasteiger partial charge in [0.1, 0.15) is 6.10 Å². The fraction of sp³-hybridized carbons (Fsp3) is 1.00. The number of aliphatic hydroxyl groups excluding tert-OH is 1. The predicted octanol–water partition coefficient (Wildman–Crippen LogP) is 2.71. The van der Waals surface area contributed by atoms with Crippen molar-refractivity contribution >= 4 is 0 Å². The summed E-state index contributed by atoms with van der Waals surface area (Å²) in [5.41, 5.74) is 0. The molecule has 1 fully saturated rings. The van der Waals surface area contributed by atoms with E-state index in [0.717, 1.165) is 25.7 Å². The molecule has 0 spiro atoms. The van der Waals surface area contributed by atoms with Gasteiger partial charge in [-0.2, -0.15) is 13.2 Å². The van der Waals surface area contributed by atoms with Crippen molar-refractivity contribution in [1.82, 2.24) is 5.32 Å². The lowest BCUT2D eigenvalue weighted by Gasteiger charge is -2.33. The van der Waals surface area contributed by atoms with Crippen LogP contribution in [0.3, 0.4) is 0 Å². The Kier molecular flexibility index (Phi) is 5.25. The van der Waals surface area contributed by atoms with E-state index >= 15 is 0 Å². The van der Waals surface area contributed by atoms with E-state index in [4.69, 9.17) is 5.11 Å². The number of rotatable bonds is 4. The maximum Gasteiger partial charge on any atom is 0.414 e. The van der Waals surface area contributed by atoms with Crippen LogP contribution in [0.1, 0.15) is 39.0 Å². The first-order valence-corrected chi connectivity index (χ1v) is 6.26. The average Bonchev–Trinajstić information content (AvgIpc) is 2.27. The SMILES string of the molecule is CNC(C)C1CCC(CC(O)C(F)(F)F)CC1. The summed E-state index contributed by atoms with van der Waals surface area (Å²) in [6.45, 7) is 2.11. The van der Waals surface area contributed by atoms with Gasteiger partial charge in [-0.25, -0.2) is 0 Å². The number of hydrogen-bond donors (Lipinski definition) is 2. The van der Waals surface area contributed by atoms with Crippen molar-refractivity contribution in [2.75, 3.05) is 7.05 Å². The Labute approximate surface area is 101 Å². The highest BCUT2D eigenvalue weighted by Gasteiger charge is 2.40. The molecule has 1 rings (SSSR count). The van der Waals surface area contributed by atoms with E-state index < -0.39 is 12.3 Å². The van der Waals surface area contributed by atoms with E-state index in [1.807, 2.05) is 7.05 Å². The molecule has 102 valence electrons. The molecule has 0 amide bonds. The Hall–Kier alpha value is -0.290. The molecule has 0 aromatic heterocycles. The molecule has 0 aromatic rings. The molecule has 17 heavy (non-hydrogen) atoms. The molecule has 0 bridgehead atoms. The van der Waals surface area contributed by atoms with Gasteiger partial charge in [0.15, 0.2) is 0 Å². The van der Waals surface area contributed by atoms with E-state index in [0.29, 0.717) is 12.0 Å². The van der Waals surface area contributed by atoms with Crippen molar-refractivity contribution in [1.29, 1.82) is 0 Å². The number of aliphatic hydroxyl groups is 1. The second-order valence-corrected chi connectivity index (χ2v) is 5.15. The van der Waals surface area contributed by atoms with Crippen molar-refractivity contribution in [3.8, 4) is 0 Å². The van der Waals surface area contributed by atoms with Crippen LogP contribution in [0.4, 0.5) is 13.2 Å². The fourth-order valence-electron chi connectivity index (χ4n) is 2.61. The molecule has 2 nitrogen and oxygen atoms in total. The van der Waals surface area contributed by atoms with Gasteiger partial charge in [-0.1, -0.05) is 12.8 Å². The number of hydrogen-bond acceptors (Lipinski definition) is 2. The third-order valence-corrected chi connectivity index (χ3v) is 3.99. The van der Waals surface area contributed by atoms with E-state index in [2.05, 4.69) is 12.2 Å². The Balaban J connectivity index is 2.33. The standard InChI is InChI=1S/C12H22F3NO/c1-8(16-2)10-5-3-9(4-6-10)7-11(17)12(13,14)15/h8-11,16-17H,3-7H2,1-2H3. The van der Waals surface area contributed by atoms with Crippen molar-refractivity contribution in [2.45, 2.75) is 57.3 Å². The monoisotopic (exact) mass is 253 g/mol. The molecule has 5 heteroatoms. The van der Waals surface area contributed by atoms with Gasteiger partial charge in [0.2, 0.25) is 0 Å². The highest BCUT2D eigenvalue weighted by atomic mass is 19.4. The van der Waals surface area contributed by atoms with Gasteiger partial charge in [0.25, 0.3) is 0 Å². The first-order chi connectivity index (χ1) is 7.84. The lowest BCUT2D eigenvalue weighted by atomic mass is 9.77. The fourth-order valence-corrected chi connectivity index (χ4v) is 2.61. The molecule has 0 aliphatic heterocycles. The van der Waals surface area contributed by atoms with Gasteiger partial charge in [0, 0.05) is 6.04 Å². The van der Waals surface area contributed by atoms with E-state index in [-0.39, 0.29) is 12.3 Å². The van der Waals surface area contributed by atoms with Gasteiger partial charge in [-0.05, 0) is 45.1 Å². The summed E-state index contributed by atoms with van der Waals surface area (Å²) in [6, 6.07) is 0.420. The van der Waals surface area contributed by atoms with Crippen LogP contribution in [0.25, 0.3) is 0 Å². The van der Waals surface area contributed by atoms with Crippen LogP contribution in [0, 0.1) is 11.8 Å². The molecule has 2 unspecified atom stereocenters. The third kappa shape index (κ3) is 4.47. The molecule has 0 aromatic carbocycles. The van der Waals surface area contributed by atoms with Crippen LogP contribution in [-0.4, -0.2) is 30.5 Å². The Morgan fingerprint density at radius 1 is 1.24 bits per heavy atom. The summed E-state index contributed by atoms with van der Waals surface area (Å²) < 4.78 is 36.6. The van der Waals surface area contributed by atoms with Crippen LogP contribution in [0.15, 0.2) is 0 Å². The Bertz CT molecular complexity index is 224. The topological polar surface area (TPSA) is 32.3 Å². The zero-order valence-corrected chi connectivity index (χ0v) is 10.4. The molecule has 2 atom stereocenters. The molecule has 1 saturated carbocycles. The van der Waals surface area contributed by atoms with Crippen LogP contribution < -0.4 is 5.32 Å². The molecular weight excluding hydrogens is 231 g/mol. The van der Waals surface area contributed by atoms with Gasteiger partial charge >= 0.3 is 6.18 Å². The van der Waals surface area contributed by atoms with Crippen molar-refractivity contribution in [3.63, 3.8) is 0 Å². The zero-order valence-electron chi connectivity index (χ0n) is 10.4. The summed E-state index contributed by atoms with van der Waals surface area (Å²) in [5, 5.41) is 12.2. The summed E-state index contributed by atoms with van der Waals surface area (Å²) in [7, 11) is 1.91. The Morgan fingerprint density at radius 3 is 2.18 bits per heavy atom. The Morgan fingerprint density at radius 2 is 1.76 bits per heavy atom. The minimum absolute atomic E-state index is 0.0203. The first kappa shape index (κ1) is 14.8. The molecule has 0 radical (unpaired) electrons. The van der Waals surface area contributed by atoms with Crippen LogP contribution >= 0.6 is 0 Å². The maximum absolute atomic E-state index is 12.2. The molecule has 0 heterocycles. The van der Waals surface area contributed by atoms with Gasteiger partial charge < -0.3 is 10.4 Å². The molecule has 0 saturated heterocycles. The smallest absolute Gasteiger partial charge is 0.384 e. The second-order valence-electron chi connectivity index (χ2n) is 5.15. The second kappa shape index (κ2) is 6.05. The van der Waals surface area contributed by atoms with Crippen LogP contribution in [-0.2, 0) is 0 Å². The minimum Gasteiger partial charge on any atom is -0.384 e. The zero-order chi connectivity index (χ0) is 13.1. The minimum atomic E-state index is -4.46. The highest BCUT2D eigenvalue weighted by Crippen LogP contribution is 2.35. The molecular formula is C12H22F3NO. The third-order valence-electron chi connectivity index (χ3n) is 3.99. The van der Waals surface area contributed by atoms with Crippen LogP contribution in [0.2, 0.25) is 0 Å². The molecule has 2 N–H and O–H groups in total. The summed E-state index contributed by atoms with van der Waals surface area (Å²) in [6.07, 6.45) is -3.24.